The third kappa shape index (κ3) is 3.08. The van der Waals surface area contributed by atoms with E-state index in [4.69, 9.17) is 0 Å². The van der Waals surface area contributed by atoms with Crippen molar-refractivity contribution in [2.24, 2.45) is 0 Å². The average Bonchev–Trinajstić information content (AvgIpc) is 2.84. The van der Waals surface area contributed by atoms with Crippen LogP contribution in [0.3, 0.4) is 0 Å². The van der Waals surface area contributed by atoms with Crippen molar-refractivity contribution in [3.8, 4) is 11.3 Å². The molecule has 3 nitrogen and oxygen atoms in total. The summed E-state index contributed by atoms with van der Waals surface area (Å²) in [5.41, 5.74) is 2.77. The second kappa shape index (κ2) is 6.88. The Bertz CT molecular complexity index is 945. The Balaban J connectivity index is 1.84. The summed E-state index contributed by atoms with van der Waals surface area (Å²) in [5, 5.41) is 11.0. The van der Waals surface area contributed by atoms with Gasteiger partial charge >= 0.3 is 0 Å². The van der Waals surface area contributed by atoms with Gasteiger partial charge in [-0.25, -0.2) is 13.2 Å². The van der Waals surface area contributed by atoms with Crippen molar-refractivity contribution in [2.75, 3.05) is 6.54 Å². The summed E-state index contributed by atoms with van der Waals surface area (Å²) >= 11 is 0. The van der Waals surface area contributed by atoms with E-state index in [1.54, 1.807) is 18.2 Å². The van der Waals surface area contributed by atoms with Gasteiger partial charge in [-0.3, -0.25) is 0 Å². The third-order valence-corrected chi connectivity index (χ3v) is 4.72. The zero-order valence-corrected chi connectivity index (χ0v) is 13.8. The summed E-state index contributed by atoms with van der Waals surface area (Å²) in [5.74, 6) is -2.01. The molecule has 0 spiro atoms. The van der Waals surface area contributed by atoms with E-state index in [0.717, 1.165) is 11.6 Å². The molecule has 0 radical (unpaired) electrons. The number of nitrogens with one attached hydrogen (secondary N) is 1. The van der Waals surface area contributed by atoms with Crippen LogP contribution in [0.15, 0.2) is 48.7 Å². The number of hydrogen-bond acceptors (Lipinski definition) is 3. The van der Waals surface area contributed by atoms with Crippen molar-refractivity contribution in [2.45, 2.75) is 18.9 Å². The molecule has 1 unspecified atom stereocenters. The SMILES string of the molecule is Fc1ccc(C2CCNCc3cc(-c4cccnn4)c(F)cc32)c(F)c1. The van der Waals surface area contributed by atoms with Crippen LogP contribution >= 0.6 is 0 Å². The Hall–Kier alpha value is -2.73. The number of halogens is 3. The summed E-state index contributed by atoms with van der Waals surface area (Å²) in [6.07, 6.45) is 2.12. The van der Waals surface area contributed by atoms with Crippen molar-refractivity contribution >= 4 is 0 Å². The number of hydrogen-bond donors (Lipinski definition) is 1. The highest BCUT2D eigenvalue weighted by molar-refractivity contribution is 5.62. The lowest BCUT2D eigenvalue weighted by Gasteiger charge is -2.19. The molecule has 0 bridgehead atoms. The molecule has 132 valence electrons. The van der Waals surface area contributed by atoms with Crippen LogP contribution in [0.5, 0.6) is 0 Å². The third-order valence-electron chi connectivity index (χ3n) is 4.72. The molecule has 1 atom stereocenters. The maximum atomic E-state index is 14.8. The van der Waals surface area contributed by atoms with Gasteiger partial charge in [0.1, 0.15) is 17.5 Å². The van der Waals surface area contributed by atoms with Crippen LogP contribution in [0, 0.1) is 17.5 Å². The molecule has 4 rings (SSSR count). The van der Waals surface area contributed by atoms with Crippen LogP contribution in [-0.2, 0) is 6.54 Å². The molecule has 0 saturated heterocycles. The lowest BCUT2D eigenvalue weighted by atomic mass is 9.85. The van der Waals surface area contributed by atoms with E-state index in [1.165, 1.54) is 24.4 Å². The Labute approximate surface area is 148 Å². The lowest BCUT2D eigenvalue weighted by Crippen LogP contribution is -2.12. The summed E-state index contributed by atoms with van der Waals surface area (Å²) < 4.78 is 42.4. The zero-order valence-electron chi connectivity index (χ0n) is 13.8. The molecule has 1 aromatic heterocycles. The van der Waals surface area contributed by atoms with Crippen LogP contribution in [0.1, 0.15) is 29.0 Å². The van der Waals surface area contributed by atoms with Gasteiger partial charge in [-0.2, -0.15) is 10.2 Å². The fourth-order valence-electron chi connectivity index (χ4n) is 3.48. The first-order valence-corrected chi connectivity index (χ1v) is 8.39. The highest BCUT2D eigenvalue weighted by Crippen LogP contribution is 2.36. The molecular formula is C20H16F3N3. The molecule has 26 heavy (non-hydrogen) atoms. The Morgan fingerprint density at radius 1 is 0.962 bits per heavy atom. The highest BCUT2D eigenvalue weighted by Gasteiger charge is 2.25. The van der Waals surface area contributed by atoms with Crippen molar-refractivity contribution < 1.29 is 13.2 Å². The maximum absolute atomic E-state index is 14.8. The van der Waals surface area contributed by atoms with Gasteiger partial charge < -0.3 is 5.32 Å². The quantitative estimate of drug-likeness (QED) is 0.749. The van der Waals surface area contributed by atoms with Gasteiger partial charge in [0.05, 0.1) is 5.69 Å². The smallest absolute Gasteiger partial charge is 0.132 e. The molecule has 1 N–H and O–H groups in total. The normalized spacial score (nSPS) is 16.8. The monoisotopic (exact) mass is 355 g/mol. The van der Waals surface area contributed by atoms with Gasteiger partial charge in [0.15, 0.2) is 0 Å². The van der Waals surface area contributed by atoms with Gasteiger partial charge in [-0.15, -0.1) is 0 Å². The molecule has 0 fully saturated rings. The summed E-state index contributed by atoms with van der Waals surface area (Å²) in [4.78, 5) is 0. The van der Waals surface area contributed by atoms with E-state index >= 15 is 0 Å². The van der Waals surface area contributed by atoms with Crippen LogP contribution < -0.4 is 5.32 Å². The minimum absolute atomic E-state index is 0.342. The molecule has 3 aromatic rings. The van der Waals surface area contributed by atoms with Gasteiger partial charge in [0, 0.05) is 30.3 Å². The fraction of sp³-hybridized carbons (Fsp3) is 0.200. The van der Waals surface area contributed by atoms with Gasteiger partial charge in [-0.05, 0) is 60.0 Å². The number of aromatic nitrogens is 2. The van der Waals surface area contributed by atoms with Gasteiger partial charge in [0.2, 0.25) is 0 Å². The molecule has 0 aliphatic carbocycles. The second-order valence-corrected chi connectivity index (χ2v) is 6.32. The van der Waals surface area contributed by atoms with E-state index in [0.29, 0.717) is 41.9 Å². The first-order valence-electron chi connectivity index (χ1n) is 8.39. The van der Waals surface area contributed by atoms with Crippen LogP contribution in [0.25, 0.3) is 11.3 Å². The maximum Gasteiger partial charge on any atom is 0.132 e. The summed E-state index contributed by atoms with van der Waals surface area (Å²) in [6, 6.07) is 10.1. The van der Waals surface area contributed by atoms with Crippen molar-refractivity contribution in [3.05, 3.63) is 82.8 Å². The van der Waals surface area contributed by atoms with Crippen LogP contribution in [0.4, 0.5) is 13.2 Å². The van der Waals surface area contributed by atoms with Crippen molar-refractivity contribution in [1.29, 1.82) is 0 Å². The number of nitrogens with zero attached hydrogens (tertiary/aromatic N) is 2. The topological polar surface area (TPSA) is 37.8 Å². The largest absolute Gasteiger partial charge is 0.313 e. The fourth-order valence-corrected chi connectivity index (χ4v) is 3.48. The lowest BCUT2D eigenvalue weighted by molar-refractivity contribution is 0.554. The van der Waals surface area contributed by atoms with E-state index in [9.17, 15) is 13.2 Å². The average molecular weight is 355 g/mol. The summed E-state index contributed by atoms with van der Waals surface area (Å²) in [7, 11) is 0. The molecule has 0 saturated carbocycles. The van der Waals surface area contributed by atoms with Crippen molar-refractivity contribution in [1.82, 2.24) is 15.5 Å². The molecule has 0 amide bonds. The molecule has 6 heteroatoms. The van der Waals surface area contributed by atoms with E-state index < -0.39 is 17.5 Å². The predicted molar refractivity (Wildman–Crippen MR) is 92.0 cm³/mol. The highest BCUT2D eigenvalue weighted by atomic mass is 19.1. The van der Waals surface area contributed by atoms with E-state index in [1.807, 2.05) is 0 Å². The zero-order chi connectivity index (χ0) is 18.1. The van der Waals surface area contributed by atoms with E-state index in [2.05, 4.69) is 15.5 Å². The van der Waals surface area contributed by atoms with Gasteiger partial charge in [-0.1, -0.05) is 6.07 Å². The standard InChI is InChI=1S/C20H16F3N3/c21-13-3-4-15(18(22)9-13)14-5-7-24-11-12-8-17(19(23)10-16(12)14)20-2-1-6-25-26-20/h1-4,6,8-10,14,24H,5,7,11H2. The Morgan fingerprint density at radius 2 is 1.85 bits per heavy atom. The molecular weight excluding hydrogens is 339 g/mol. The number of rotatable bonds is 2. The van der Waals surface area contributed by atoms with E-state index in [-0.39, 0.29) is 5.92 Å². The first-order chi connectivity index (χ1) is 12.6. The molecule has 1 aliphatic rings. The predicted octanol–water partition coefficient (Wildman–Crippen LogP) is 4.19. The molecule has 2 heterocycles. The second-order valence-electron chi connectivity index (χ2n) is 6.32. The molecule has 1 aliphatic heterocycles. The Kier molecular flexibility index (Phi) is 4.42. The summed E-state index contributed by atoms with van der Waals surface area (Å²) in [6.45, 7) is 1.19. The number of fused-ring (bicyclic) bond motifs is 1. The van der Waals surface area contributed by atoms with Crippen molar-refractivity contribution in [3.63, 3.8) is 0 Å². The van der Waals surface area contributed by atoms with Gasteiger partial charge in [0.25, 0.3) is 0 Å². The van der Waals surface area contributed by atoms with Crippen LogP contribution in [-0.4, -0.2) is 16.7 Å². The minimum Gasteiger partial charge on any atom is -0.313 e. The van der Waals surface area contributed by atoms with Crippen LogP contribution in [0.2, 0.25) is 0 Å². The molecule has 2 aromatic carbocycles. The number of benzene rings is 2. The first kappa shape index (κ1) is 16.7. The Morgan fingerprint density at radius 3 is 2.62 bits per heavy atom. The minimum atomic E-state index is -0.623.